The molecule has 5 rings (SSSR count). The van der Waals surface area contributed by atoms with Crippen molar-refractivity contribution in [2.45, 2.75) is 26.2 Å². The summed E-state index contributed by atoms with van der Waals surface area (Å²) in [4.78, 5) is 37.4. The van der Waals surface area contributed by atoms with E-state index >= 15 is 0 Å². The molecule has 2 aliphatic heterocycles. The minimum absolute atomic E-state index is 0.0591. The molecule has 2 aromatic carbocycles. The zero-order chi connectivity index (χ0) is 23.4. The lowest BCUT2D eigenvalue weighted by molar-refractivity contribution is -0.135. The van der Waals surface area contributed by atoms with Crippen molar-refractivity contribution >= 4 is 22.7 Å². The van der Waals surface area contributed by atoms with Crippen LogP contribution in [0, 0.1) is 6.92 Å². The number of Topliss-reactive ketones (excluding diaryl/α,β-unsaturated/α-hetero) is 1. The maximum Gasteiger partial charge on any atom is 0.336 e. The lowest BCUT2D eigenvalue weighted by Crippen LogP contribution is -2.24. The summed E-state index contributed by atoms with van der Waals surface area (Å²) in [7, 11) is 1.49. The predicted octanol–water partition coefficient (Wildman–Crippen LogP) is 3.23. The highest BCUT2D eigenvalue weighted by atomic mass is 16.6. The molecule has 0 spiro atoms. The van der Waals surface area contributed by atoms with Crippen LogP contribution in [-0.2, 0) is 4.79 Å². The van der Waals surface area contributed by atoms with Gasteiger partial charge in [0.05, 0.1) is 18.9 Å². The smallest absolute Gasteiger partial charge is 0.336 e. The van der Waals surface area contributed by atoms with E-state index in [9.17, 15) is 19.5 Å². The molecule has 3 heterocycles. The number of phenols is 1. The van der Waals surface area contributed by atoms with Crippen molar-refractivity contribution in [3.05, 3.63) is 50.9 Å². The van der Waals surface area contributed by atoms with Crippen LogP contribution in [0.5, 0.6) is 28.7 Å². The Hall–Kier alpha value is -4.01. The molecule has 0 bridgehead atoms. The van der Waals surface area contributed by atoms with Gasteiger partial charge in [-0.1, -0.05) is 0 Å². The molecule has 9 nitrogen and oxygen atoms in total. The molecule has 0 radical (unpaired) electrons. The predicted molar refractivity (Wildman–Crippen MR) is 115 cm³/mol. The van der Waals surface area contributed by atoms with Crippen molar-refractivity contribution in [2.24, 2.45) is 0 Å². The molecule has 1 N–H and O–H groups in total. The molecule has 0 unspecified atom stereocenters. The van der Waals surface area contributed by atoms with Crippen LogP contribution in [0.3, 0.4) is 0 Å². The van der Waals surface area contributed by atoms with Crippen molar-refractivity contribution in [2.75, 3.05) is 20.3 Å². The van der Waals surface area contributed by atoms with E-state index in [-0.39, 0.29) is 28.7 Å². The van der Waals surface area contributed by atoms with Crippen LogP contribution in [0.15, 0.2) is 27.4 Å². The van der Waals surface area contributed by atoms with Crippen LogP contribution in [0.1, 0.15) is 46.3 Å². The number of benzene rings is 2. The Bertz CT molecular complexity index is 1380. The second-order valence-corrected chi connectivity index (χ2v) is 7.95. The maximum atomic E-state index is 12.6. The van der Waals surface area contributed by atoms with E-state index in [0.717, 1.165) is 0 Å². The van der Waals surface area contributed by atoms with Crippen LogP contribution in [0.25, 0.3) is 11.0 Å². The SMILES string of the molecule is COc1cc([C@H]2CC(=O)Oc3c(C(C)=O)c(O)c4c(C)cc(=O)oc4c32)cc2c1OCCO2. The Labute approximate surface area is 187 Å². The summed E-state index contributed by atoms with van der Waals surface area (Å²) >= 11 is 0. The summed E-state index contributed by atoms with van der Waals surface area (Å²) in [6, 6.07) is 4.67. The van der Waals surface area contributed by atoms with E-state index in [1.54, 1.807) is 19.1 Å². The number of methoxy groups -OCH3 is 1. The number of hydrogen-bond donors (Lipinski definition) is 1. The first-order valence-electron chi connectivity index (χ1n) is 10.3. The van der Waals surface area contributed by atoms with Gasteiger partial charge < -0.3 is 28.5 Å². The molecule has 1 aromatic heterocycles. The highest BCUT2D eigenvalue weighted by Gasteiger charge is 2.38. The van der Waals surface area contributed by atoms with E-state index in [1.165, 1.54) is 20.1 Å². The summed E-state index contributed by atoms with van der Waals surface area (Å²) in [5.74, 6) is -0.964. The monoisotopic (exact) mass is 452 g/mol. The number of carbonyl (C=O) groups is 2. The minimum atomic E-state index is -0.669. The van der Waals surface area contributed by atoms with Gasteiger partial charge in [0, 0.05) is 17.5 Å². The average Bonchev–Trinajstić information content (AvgIpc) is 2.76. The number of aromatic hydroxyl groups is 1. The second kappa shape index (κ2) is 7.54. The number of aryl methyl sites for hydroxylation is 1. The molecule has 9 heteroatoms. The summed E-state index contributed by atoms with van der Waals surface area (Å²) < 4.78 is 27.8. The van der Waals surface area contributed by atoms with Gasteiger partial charge in [-0.15, -0.1) is 0 Å². The zero-order valence-corrected chi connectivity index (χ0v) is 18.1. The summed E-state index contributed by atoms with van der Waals surface area (Å²) in [5.41, 5.74) is 0.652. The van der Waals surface area contributed by atoms with Crippen LogP contribution >= 0.6 is 0 Å². The van der Waals surface area contributed by atoms with Crippen molar-refractivity contribution in [3.63, 3.8) is 0 Å². The summed E-state index contributed by atoms with van der Waals surface area (Å²) in [6.45, 7) is 3.62. The molecule has 0 saturated heterocycles. The Morgan fingerprint density at radius 3 is 2.61 bits per heavy atom. The fourth-order valence-corrected chi connectivity index (χ4v) is 4.52. The highest BCUT2D eigenvalue weighted by molar-refractivity contribution is 6.09. The van der Waals surface area contributed by atoms with Crippen molar-refractivity contribution < 1.29 is 38.1 Å². The van der Waals surface area contributed by atoms with Gasteiger partial charge in [0.25, 0.3) is 0 Å². The quantitative estimate of drug-likeness (QED) is 0.276. The standard InChI is InChI=1S/C24H20O9/c1-10-6-16(26)32-23-18(10)21(28)19(11(2)25)24-20(23)13(9-17(27)33-24)12-7-14(29-3)22-15(8-12)30-4-5-31-22/h6-8,13,28H,4-5,9H2,1-3H3/t13-/m1/s1. The van der Waals surface area contributed by atoms with Crippen molar-refractivity contribution in [1.82, 2.24) is 0 Å². The number of phenolic OH excluding ortho intramolecular Hbond substituents is 1. The average molecular weight is 452 g/mol. The van der Waals surface area contributed by atoms with Gasteiger partial charge in [-0.25, -0.2) is 4.79 Å². The number of ketones is 1. The van der Waals surface area contributed by atoms with E-state index in [1.807, 2.05) is 0 Å². The third kappa shape index (κ3) is 3.19. The number of rotatable bonds is 3. The first kappa shape index (κ1) is 20.9. The largest absolute Gasteiger partial charge is 0.506 e. The van der Waals surface area contributed by atoms with Gasteiger partial charge in [-0.3, -0.25) is 9.59 Å². The molecule has 0 amide bonds. The maximum absolute atomic E-state index is 12.6. The zero-order valence-electron chi connectivity index (χ0n) is 18.1. The van der Waals surface area contributed by atoms with Gasteiger partial charge in [0.2, 0.25) is 5.75 Å². The summed E-state index contributed by atoms with van der Waals surface area (Å²) in [5, 5.41) is 11.1. The Morgan fingerprint density at radius 1 is 1.12 bits per heavy atom. The lowest BCUT2D eigenvalue weighted by atomic mass is 9.82. The van der Waals surface area contributed by atoms with E-state index in [0.29, 0.717) is 47.2 Å². The first-order valence-corrected chi connectivity index (χ1v) is 10.3. The molecule has 0 aliphatic carbocycles. The van der Waals surface area contributed by atoms with Crippen molar-refractivity contribution in [1.29, 1.82) is 0 Å². The molecule has 0 saturated carbocycles. The third-order valence-electron chi connectivity index (χ3n) is 5.89. The number of ether oxygens (including phenoxy) is 4. The lowest BCUT2D eigenvalue weighted by Gasteiger charge is -2.29. The molecule has 2 aliphatic rings. The van der Waals surface area contributed by atoms with Gasteiger partial charge in [-0.05, 0) is 37.1 Å². The van der Waals surface area contributed by atoms with Gasteiger partial charge in [0.15, 0.2) is 23.0 Å². The normalized spacial score (nSPS) is 16.8. The van der Waals surface area contributed by atoms with E-state index in [4.69, 9.17) is 23.4 Å². The number of hydrogen-bond acceptors (Lipinski definition) is 9. The molecule has 0 fully saturated rings. The molecule has 3 aromatic rings. The molecule has 170 valence electrons. The second-order valence-electron chi connectivity index (χ2n) is 7.95. The highest BCUT2D eigenvalue weighted by Crippen LogP contribution is 2.51. The molecule has 33 heavy (non-hydrogen) atoms. The topological polar surface area (TPSA) is 122 Å². The number of esters is 1. The molecular weight excluding hydrogens is 432 g/mol. The van der Waals surface area contributed by atoms with Gasteiger partial charge in [-0.2, -0.15) is 0 Å². The van der Waals surface area contributed by atoms with Crippen LogP contribution in [-0.4, -0.2) is 37.2 Å². The fraction of sp³-hybridized carbons (Fsp3) is 0.292. The first-order chi connectivity index (χ1) is 15.8. The van der Waals surface area contributed by atoms with Crippen molar-refractivity contribution in [3.8, 4) is 28.7 Å². The van der Waals surface area contributed by atoms with E-state index < -0.39 is 29.0 Å². The van der Waals surface area contributed by atoms with Crippen LogP contribution in [0.4, 0.5) is 0 Å². The number of fused-ring (bicyclic) bond motifs is 4. The third-order valence-corrected chi connectivity index (χ3v) is 5.89. The van der Waals surface area contributed by atoms with Crippen LogP contribution < -0.4 is 24.6 Å². The number of carbonyl (C=O) groups excluding carboxylic acids is 2. The molecule has 1 atom stereocenters. The Morgan fingerprint density at radius 2 is 1.88 bits per heavy atom. The molecular formula is C24H20O9. The minimum Gasteiger partial charge on any atom is -0.506 e. The van der Waals surface area contributed by atoms with Crippen LogP contribution in [0.2, 0.25) is 0 Å². The van der Waals surface area contributed by atoms with E-state index in [2.05, 4.69) is 0 Å². The fourth-order valence-electron chi connectivity index (χ4n) is 4.52. The van der Waals surface area contributed by atoms with Gasteiger partial charge >= 0.3 is 11.6 Å². The Balaban J connectivity index is 1.87. The Kier molecular flexibility index (Phi) is 4.77. The summed E-state index contributed by atoms with van der Waals surface area (Å²) in [6.07, 6.45) is -0.0926. The van der Waals surface area contributed by atoms with Gasteiger partial charge in [0.1, 0.15) is 30.1 Å².